The van der Waals surface area contributed by atoms with Crippen molar-refractivity contribution < 1.29 is 9.18 Å². The standard InChI is InChI=1S/C22H13FN4O/c23-13-7-8-15(12(9-13)10-24)16-5-2-6-17-20(25)19-18(26-21(16)17)11-27(22(19)28)14-3-1-4-14/h1-9H,11H2,(H2,25,26). The van der Waals surface area contributed by atoms with Crippen molar-refractivity contribution in [2.75, 3.05) is 5.73 Å². The molecule has 3 aromatic rings. The van der Waals surface area contributed by atoms with Crippen LogP contribution in [0, 0.1) is 17.1 Å². The second kappa shape index (κ2) is 5.76. The summed E-state index contributed by atoms with van der Waals surface area (Å²) in [6.45, 7) is 0.341. The Bertz CT molecular complexity index is 1300. The fourth-order valence-electron chi connectivity index (χ4n) is 3.70. The summed E-state index contributed by atoms with van der Waals surface area (Å²) < 4.78 is 13.6. The normalized spacial score (nSPS) is 14.6. The minimum absolute atomic E-state index is 0.164. The van der Waals surface area contributed by atoms with Crippen LogP contribution in [0.3, 0.4) is 0 Å². The van der Waals surface area contributed by atoms with Crippen LogP contribution in [0.4, 0.5) is 10.1 Å². The van der Waals surface area contributed by atoms with Crippen molar-refractivity contribution in [3.8, 4) is 17.2 Å². The number of amides is 1. The molecule has 0 spiro atoms. The van der Waals surface area contributed by atoms with Gasteiger partial charge in [-0.2, -0.15) is 5.26 Å². The zero-order chi connectivity index (χ0) is 19.4. The monoisotopic (exact) mass is 368 g/mol. The Morgan fingerprint density at radius 3 is 2.75 bits per heavy atom. The molecule has 134 valence electrons. The molecule has 0 fully saturated rings. The van der Waals surface area contributed by atoms with Crippen molar-refractivity contribution in [2.24, 2.45) is 0 Å². The number of para-hydroxylation sites is 1. The van der Waals surface area contributed by atoms with E-state index in [0.29, 0.717) is 45.5 Å². The molecule has 1 aromatic heterocycles. The highest BCUT2D eigenvalue weighted by Crippen LogP contribution is 2.38. The molecule has 0 saturated heterocycles. The van der Waals surface area contributed by atoms with Crippen molar-refractivity contribution in [1.29, 1.82) is 5.26 Å². The summed E-state index contributed by atoms with van der Waals surface area (Å²) in [5.74, 6) is -0.639. The number of rotatable bonds is 2. The molecular weight excluding hydrogens is 355 g/mol. The van der Waals surface area contributed by atoms with Crippen molar-refractivity contribution in [1.82, 2.24) is 9.88 Å². The van der Waals surface area contributed by atoms with Gasteiger partial charge in [0.2, 0.25) is 0 Å². The Balaban J connectivity index is 1.75. The minimum Gasteiger partial charge on any atom is -0.397 e. The number of nitrogens with two attached hydrogens (primary N) is 1. The number of nitrogen functional groups attached to an aromatic ring is 1. The molecule has 0 atom stereocenters. The average Bonchev–Trinajstić information content (AvgIpc) is 2.96. The van der Waals surface area contributed by atoms with Gasteiger partial charge in [-0.1, -0.05) is 30.3 Å². The smallest absolute Gasteiger partial charge is 0.262 e. The van der Waals surface area contributed by atoms with Gasteiger partial charge in [-0.05, 0) is 24.3 Å². The molecule has 2 N–H and O–H groups in total. The third kappa shape index (κ3) is 2.17. The first-order chi connectivity index (χ1) is 13.6. The summed E-state index contributed by atoms with van der Waals surface area (Å²) >= 11 is 0. The van der Waals surface area contributed by atoms with E-state index in [9.17, 15) is 14.4 Å². The Labute approximate surface area is 159 Å². The lowest BCUT2D eigenvalue weighted by molar-refractivity contribution is 0.0831. The molecule has 0 unspecified atom stereocenters. The third-order valence-corrected chi connectivity index (χ3v) is 5.14. The number of hydrogen-bond donors (Lipinski definition) is 1. The van der Waals surface area contributed by atoms with E-state index >= 15 is 0 Å². The number of nitriles is 1. The molecular formula is C22H13FN4O. The zero-order valence-electron chi connectivity index (χ0n) is 14.6. The van der Waals surface area contributed by atoms with E-state index in [-0.39, 0.29) is 11.5 Å². The van der Waals surface area contributed by atoms with Gasteiger partial charge in [0.15, 0.2) is 0 Å². The van der Waals surface area contributed by atoms with E-state index in [0.717, 1.165) is 5.70 Å². The fourth-order valence-corrected chi connectivity index (χ4v) is 3.70. The molecule has 5 nitrogen and oxygen atoms in total. The first-order valence-electron chi connectivity index (χ1n) is 8.70. The van der Waals surface area contributed by atoms with Gasteiger partial charge in [0, 0.05) is 22.2 Å². The number of anilines is 1. The molecule has 0 radical (unpaired) electrons. The molecule has 1 aliphatic carbocycles. The molecule has 28 heavy (non-hydrogen) atoms. The van der Waals surface area contributed by atoms with E-state index in [2.05, 4.69) is 0 Å². The Hall–Kier alpha value is -3.98. The maximum atomic E-state index is 13.6. The lowest BCUT2D eigenvalue weighted by Crippen LogP contribution is -2.24. The summed E-state index contributed by atoms with van der Waals surface area (Å²) in [5, 5.41) is 10.1. The van der Waals surface area contributed by atoms with E-state index in [1.165, 1.54) is 12.1 Å². The molecule has 2 aromatic carbocycles. The highest BCUT2D eigenvalue weighted by atomic mass is 19.1. The van der Waals surface area contributed by atoms with Gasteiger partial charge in [0.25, 0.3) is 5.91 Å². The van der Waals surface area contributed by atoms with Crippen LogP contribution in [0.1, 0.15) is 21.6 Å². The van der Waals surface area contributed by atoms with Crippen LogP contribution in [0.15, 0.2) is 60.3 Å². The average molecular weight is 368 g/mol. The largest absolute Gasteiger partial charge is 0.397 e. The predicted molar refractivity (Wildman–Crippen MR) is 103 cm³/mol. The highest BCUT2D eigenvalue weighted by Gasteiger charge is 2.34. The van der Waals surface area contributed by atoms with Crippen LogP contribution in [-0.2, 0) is 6.54 Å². The van der Waals surface area contributed by atoms with Crippen molar-refractivity contribution in [3.05, 3.63) is 83.0 Å². The molecule has 0 saturated carbocycles. The summed E-state index contributed by atoms with van der Waals surface area (Å²) in [7, 11) is 0. The maximum absolute atomic E-state index is 13.6. The van der Waals surface area contributed by atoms with Gasteiger partial charge in [-0.3, -0.25) is 4.79 Å². The highest BCUT2D eigenvalue weighted by molar-refractivity contribution is 6.12. The van der Waals surface area contributed by atoms with Crippen LogP contribution in [0.5, 0.6) is 0 Å². The minimum atomic E-state index is -0.475. The number of carbonyl (C=O) groups excluding carboxylic acids is 1. The van der Waals surface area contributed by atoms with Gasteiger partial charge in [0.05, 0.1) is 40.6 Å². The van der Waals surface area contributed by atoms with Crippen molar-refractivity contribution in [3.63, 3.8) is 0 Å². The van der Waals surface area contributed by atoms with Crippen LogP contribution in [0.2, 0.25) is 0 Å². The van der Waals surface area contributed by atoms with E-state index < -0.39 is 5.82 Å². The molecule has 1 aliphatic heterocycles. The summed E-state index contributed by atoms with van der Waals surface area (Å²) in [6, 6.07) is 11.5. The molecule has 5 rings (SSSR count). The van der Waals surface area contributed by atoms with E-state index in [1.54, 1.807) is 23.1 Å². The van der Waals surface area contributed by atoms with E-state index in [4.69, 9.17) is 10.7 Å². The van der Waals surface area contributed by atoms with Gasteiger partial charge in [-0.25, -0.2) is 9.37 Å². The first kappa shape index (κ1) is 16.2. The van der Waals surface area contributed by atoms with Gasteiger partial charge < -0.3 is 10.6 Å². The molecule has 2 heterocycles. The van der Waals surface area contributed by atoms with Crippen LogP contribution < -0.4 is 5.73 Å². The molecule has 1 amide bonds. The number of benzene rings is 2. The van der Waals surface area contributed by atoms with Crippen molar-refractivity contribution in [2.45, 2.75) is 6.54 Å². The quantitative estimate of drug-likeness (QED) is 0.743. The summed E-state index contributed by atoms with van der Waals surface area (Å²) in [6.07, 6.45) is 5.60. The topological polar surface area (TPSA) is 83.0 Å². The lowest BCUT2D eigenvalue weighted by Gasteiger charge is -2.19. The SMILES string of the molecule is N#Cc1cc(F)ccc1-c1cccc2c(N)c3c(nc12)CN(C1=CC=C1)C3=O. The first-order valence-corrected chi connectivity index (χ1v) is 8.70. The summed E-state index contributed by atoms with van der Waals surface area (Å²) in [4.78, 5) is 19.2. The van der Waals surface area contributed by atoms with Crippen LogP contribution >= 0.6 is 0 Å². The summed E-state index contributed by atoms with van der Waals surface area (Å²) in [5.41, 5.74) is 10.7. The van der Waals surface area contributed by atoms with Gasteiger partial charge >= 0.3 is 0 Å². The maximum Gasteiger partial charge on any atom is 0.262 e. The Morgan fingerprint density at radius 1 is 1.21 bits per heavy atom. The number of pyridine rings is 1. The fraction of sp³-hybridized carbons (Fsp3) is 0.0455. The molecule has 6 heteroatoms. The zero-order valence-corrected chi connectivity index (χ0v) is 14.6. The number of aromatic nitrogens is 1. The second-order valence-electron chi connectivity index (χ2n) is 6.69. The van der Waals surface area contributed by atoms with Crippen molar-refractivity contribution >= 4 is 22.5 Å². The van der Waals surface area contributed by atoms with Crippen LogP contribution in [-0.4, -0.2) is 15.8 Å². The number of hydrogen-bond acceptors (Lipinski definition) is 4. The Kier molecular flexibility index (Phi) is 3.34. The Morgan fingerprint density at radius 2 is 2.04 bits per heavy atom. The predicted octanol–water partition coefficient (Wildman–Crippen LogP) is 3.90. The third-order valence-electron chi connectivity index (χ3n) is 5.14. The van der Waals surface area contributed by atoms with Crippen LogP contribution in [0.25, 0.3) is 22.0 Å². The number of fused-ring (bicyclic) bond motifs is 2. The van der Waals surface area contributed by atoms with Gasteiger partial charge in [-0.15, -0.1) is 0 Å². The second-order valence-corrected chi connectivity index (χ2v) is 6.69. The molecule has 2 aliphatic rings. The number of halogens is 1. The molecule has 0 bridgehead atoms. The van der Waals surface area contributed by atoms with E-state index in [1.807, 2.05) is 30.4 Å². The number of nitrogens with zero attached hydrogens (tertiary/aromatic N) is 3. The number of carbonyl (C=O) groups is 1. The number of allylic oxidation sites excluding steroid dienone is 3. The van der Waals surface area contributed by atoms with Gasteiger partial charge in [0.1, 0.15) is 5.82 Å². The lowest BCUT2D eigenvalue weighted by atomic mass is 9.96.